The lowest BCUT2D eigenvalue weighted by Crippen LogP contribution is -2.12. The standard InChI is InChI=1S/C21H20N2O8/c1-28-14-10-19(29-2)15(20(11-14)30-3)9-13-5-7-18(31-13)21(25)22-16-6-4-12(24)8-17(16)23(26)27/h4-8,10-11,24H,9H2,1-3H3,(H,22,25). The Bertz CT molecular complexity index is 1100. The molecule has 10 nitrogen and oxygen atoms in total. The monoisotopic (exact) mass is 428 g/mol. The number of ether oxygens (including phenoxy) is 3. The van der Waals surface area contributed by atoms with E-state index in [1.807, 2.05) is 0 Å². The number of hydrogen-bond donors (Lipinski definition) is 2. The van der Waals surface area contributed by atoms with Crippen molar-refractivity contribution in [3.05, 3.63) is 69.7 Å². The maximum Gasteiger partial charge on any atom is 0.296 e. The highest BCUT2D eigenvalue weighted by Crippen LogP contribution is 2.36. The van der Waals surface area contributed by atoms with Crippen molar-refractivity contribution < 1.29 is 33.5 Å². The summed E-state index contributed by atoms with van der Waals surface area (Å²) in [6, 6.07) is 9.91. The molecule has 0 saturated heterocycles. The van der Waals surface area contributed by atoms with Gasteiger partial charge in [0, 0.05) is 24.1 Å². The second-order valence-corrected chi connectivity index (χ2v) is 6.37. The largest absolute Gasteiger partial charge is 0.508 e. The summed E-state index contributed by atoms with van der Waals surface area (Å²) in [5.41, 5.74) is 0.193. The molecule has 0 bridgehead atoms. The summed E-state index contributed by atoms with van der Waals surface area (Å²) in [6.45, 7) is 0. The maximum atomic E-state index is 12.5. The van der Waals surface area contributed by atoms with Crippen LogP contribution in [0.25, 0.3) is 0 Å². The van der Waals surface area contributed by atoms with Crippen molar-refractivity contribution in [1.29, 1.82) is 0 Å². The normalized spacial score (nSPS) is 10.4. The number of hydrogen-bond acceptors (Lipinski definition) is 8. The number of phenols is 1. The van der Waals surface area contributed by atoms with E-state index in [4.69, 9.17) is 18.6 Å². The number of carbonyl (C=O) groups excluding carboxylic acids is 1. The number of furan rings is 1. The Balaban J connectivity index is 1.83. The number of phenolic OH excluding ortho intramolecular Hbond substituents is 1. The van der Waals surface area contributed by atoms with E-state index in [-0.39, 0.29) is 23.6 Å². The van der Waals surface area contributed by atoms with Gasteiger partial charge in [0.1, 0.15) is 34.4 Å². The minimum atomic E-state index is -0.703. The van der Waals surface area contributed by atoms with E-state index in [1.165, 1.54) is 39.5 Å². The van der Waals surface area contributed by atoms with Gasteiger partial charge in [-0.15, -0.1) is 0 Å². The van der Waals surface area contributed by atoms with E-state index < -0.39 is 16.5 Å². The Labute approximate surface area is 177 Å². The number of methoxy groups -OCH3 is 3. The van der Waals surface area contributed by atoms with E-state index in [9.17, 15) is 20.0 Å². The number of anilines is 1. The molecule has 10 heteroatoms. The van der Waals surface area contributed by atoms with Gasteiger partial charge >= 0.3 is 0 Å². The number of carbonyl (C=O) groups is 1. The lowest BCUT2D eigenvalue weighted by Gasteiger charge is -2.14. The fourth-order valence-corrected chi connectivity index (χ4v) is 2.98. The van der Waals surface area contributed by atoms with Crippen LogP contribution in [0.3, 0.4) is 0 Å². The molecular formula is C21H20N2O8. The Morgan fingerprint density at radius 1 is 1.06 bits per heavy atom. The first-order chi connectivity index (χ1) is 14.9. The van der Waals surface area contributed by atoms with E-state index in [1.54, 1.807) is 18.2 Å². The van der Waals surface area contributed by atoms with Crippen LogP contribution in [0.2, 0.25) is 0 Å². The third kappa shape index (κ3) is 4.69. The highest BCUT2D eigenvalue weighted by molar-refractivity contribution is 6.03. The van der Waals surface area contributed by atoms with Gasteiger partial charge < -0.3 is 29.1 Å². The molecule has 0 aliphatic heterocycles. The summed E-state index contributed by atoms with van der Waals surface area (Å²) in [6.07, 6.45) is 0.267. The van der Waals surface area contributed by atoms with Crippen molar-refractivity contribution in [2.45, 2.75) is 6.42 Å². The molecule has 1 aromatic heterocycles. The quantitative estimate of drug-likeness (QED) is 0.315. The van der Waals surface area contributed by atoms with Crippen LogP contribution >= 0.6 is 0 Å². The Kier molecular flexibility index (Phi) is 6.29. The second-order valence-electron chi connectivity index (χ2n) is 6.37. The maximum absolute atomic E-state index is 12.5. The number of nitro benzene ring substituents is 1. The van der Waals surface area contributed by atoms with E-state index in [2.05, 4.69) is 5.32 Å². The Hall–Kier alpha value is -4.21. The number of benzene rings is 2. The van der Waals surface area contributed by atoms with Crippen molar-refractivity contribution in [3.63, 3.8) is 0 Å². The van der Waals surface area contributed by atoms with Crippen LogP contribution in [-0.4, -0.2) is 37.3 Å². The smallest absolute Gasteiger partial charge is 0.296 e. The van der Waals surface area contributed by atoms with Crippen molar-refractivity contribution >= 4 is 17.3 Å². The van der Waals surface area contributed by atoms with Gasteiger partial charge in [-0.05, 0) is 24.3 Å². The number of amides is 1. The van der Waals surface area contributed by atoms with Crippen molar-refractivity contribution in [1.82, 2.24) is 0 Å². The molecule has 0 aliphatic carbocycles. The summed E-state index contributed by atoms with van der Waals surface area (Å²) >= 11 is 0. The van der Waals surface area contributed by atoms with Crippen LogP contribution in [0.5, 0.6) is 23.0 Å². The highest BCUT2D eigenvalue weighted by Gasteiger charge is 2.21. The summed E-state index contributed by atoms with van der Waals surface area (Å²) in [5.74, 6) is 1.07. The molecule has 162 valence electrons. The van der Waals surface area contributed by atoms with Gasteiger partial charge in [-0.1, -0.05) is 0 Å². The molecule has 1 amide bonds. The number of nitro groups is 1. The van der Waals surface area contributed by atoms with Gasteiger partial charge in [0.15, 0.2) is 5.76 Å². The Morgan fingerprint density at radius 2 is 1.74 bits per heavy atom. The van der Waals surface area contributed by atoms with Gasteiger partial charge in [-0.3, -0.25) is 14.9 Å². The average molecular weight is 428 g/mol. The molecular weight excluding hydrogens is 408 g/mol. The predicted octanol–water partition coefficient (Wildman–Crippen LogP) is 3.76. The topological polar surface area (TPSA) is 133 Å². The lowest BCUT2D eigenvalue weighted by molar-refractivity contribution is -0.384. The number of nitrogens with zero attached hydrogens (tertiary/aromatic N) is 1. The van der Waals surface area contributed by atoms with E-state index >= 15 is 0 Å². The SMILES string of the molecule is COc1cc(OC)c(Cc2ccc(C(=O)Nc3ccc(O)cc3[N+](=O)[O-])o2)c(OC)c1. The second kappa shape index (κ2) is 9.08. The lowest BCUT2D eigenvalue weighted by atomic mass is 10.1. The third-order valence-electron chi connectivity index (χ3n) is 4.48. The summed E-state index contributed by atoms with van der Waals surface area (Å²) in [7, 11) is 4.57. The van der Waals surface area contributed by atoms with Crippen LogP contribution in [0.1, 0.15) is 21.9 Å². The average Bonchev–Trinajstić information content (AvgIpc) is 3.23. The number of rotatable bonds is 8. The molecule has 0 radical (unpaired) electrons. The van der Waals surface area contributed by atoms with Gasteiger partial charge in [0.25, 0.3) is 11.6 Å². The number of nitrogens with one attached hydrogen (secondary N) is 1. The Morgan fingerprint density at radius 3 is 2.32 bits per heavy atom. The first kappa shape index (κ1) is 21.5. The summed E-state index contributed by atoms with van der Waals surface area (Å²) in [5, 5.41) is 23.0. The molecule has 0 fully saturated rings. The molecule has 31 heavy (non-hydrogen) atoms. The zero-order valence-corrected chi connectivity index (χ0v) is 17.0. The molecule has 2 N–H and O–H groups in total. The first-order valence-corrected chi connectivity index (χ1v) is 9.02. The van der Waals surface area contributed by atoms with Crippen molar-refractivity contribution in [2.75, 3.05) is 26.6 Å². The number of aromatic hydroxyl groups is 1. The molecule has 3 rings (SSSR count). The van der Waals surface area contributed by atoms with Crippen LogP contribution in [0, 0.1) is 10.1 Å². The van der Waals surface area contributed by atoms with Crippen LogP contribution in [0.4, 0.5) is 11.4 Å². The molecule has 0 aliphatic rings. The van der Waals surface area contributed by atoms with E-state index in [0.29, 0.717) is 28.6 Å². The van der Waals surface area contributed by atoms with Gasteiger partial charge in [0.05, 0.1) is 32.3 Å². The predicted molar refractivity (Wildman–Crippen MR) is 110 cm³/mol. The fraction of sp³-hybridized carbons (Fsp3) is 0.190. The minimum Gasteiger partial charge on any atom is -0.508 e. The molecule has 0 spiro atoms. The van der Waals surface area contributed by atoms with Crippen LogP contribution in [0.15, 0.2) is 46.9 Å². The summed E-state index contributed by atoms with van der Waals surface area (Å²) < 4.78 is 21.7. The zero-order chi connectivity index (χ0) is 22.5. The van der Waals surface area contributed by atoms with Crippen LogP contribution < -0.4 is 19.5 Å². The molecule has 3 aromatic rings. The molecule has 2 aromatic carbocycles. The van der Waals surface area contributed by atoms with Crippen molar-refractivity contribution in [3.8, 4) is 23.0 Å². The molecule has 0 unspecified atom stereocenters. The fourth-order valence-electron chi connectivity index (χ4n) is 2.98. The zero-order valence-electron chi connectivity index (χ0n) is 17.0. The van der Waals surface area contributed by atoms with Gasteiger partial charge in [-0.2, -0.15) is 0 Å². The summed E-state index contributed by atoms with van der Waals surface area (Å²) in [4.78, 5) is 23.0. The first-order valence-electron chi connectivity index (χ1n) is 9.02. The highest BCUT2D eigenvalue weighted by atomic mass is 16.6. The minimum absolute atomic E-state index is 0.0381. The molecule has 1 heterocycles. The van der Waals surface area contributed by atoms with Gasteiger partial charge in [-0.25, -0.2) is 0 Å². The van der Waals surface area contributed by atoms with Crippen molar-refractivity contribution in [2.24, 2.45) is 0 Å². The molecule has 0 atom stereocenters. The van der Waals surface area contributed by atoms with Gasteiger partial charge in [0.2, 0.25) is 0 Å². The molecule has 0 saturated carbocycles. The third-order valence-corrected chi connectivity index (χ3v) is 4.48. The van der Waals surface area contributed by atoms with Crippen LogP contribution in [-0.2, 0) is 6.42 Å². The van der Waals surface area contributed by atoms with E-state index in [0.717, 1.165) is 6.07 Å².